The molecule has 0 aliphatic carbocycles. The van der Waals surface area contributed by atoms with E-state index in [-0.39, 0.29) is 5.91 Å². The number of carbonyl (C=O) groups is 1. The summed E-state index contributed by atoms with van der Waals surface area (Å²) in [6.45, 7) is 0.712. The fourth-order valence-corrected chi connectivity index (χ4v) is 1.80. The average Bonchev–Trinajstić information content (AvgIpc) is 2.46. The van der Waals surface area contributed by atoms with Crippen molar-refractivity contribution in [2.45, 2.75) is 12.8 Å². The largest absolute Gasteiger partial charge is 0.497 e. The van der Waals surface area contributed by atoms with E-state index in [1.165, 1.54) is 0 Å². The highest BCUT2D eigenvalue weighted by Crippen LogP contribution is 2.29. The highest BCUT2D eigenvalue weighted by molar-refractivity contribution is 6.39. The maximum Gasteiger partial charge on any atom is 0.267 e. The van der Waals surface area contributed by atoms with Crippen molar-refractivity contribution in [1.82, 2.24) is 5.32 Å². The van der Waals surface area contributed by atoms with Crippen molar-refractivity contribution in [3.8, 4) is 11.5 Å². The van der Waals surface area contributed by atoms with Crippen LogP contribution in [0.3, 0.4) is 0 Å². The van der Waals surface area contributed by atoms with Crippen LogP contribution < -0.4 is 20.2 Å². The third kappa shape index (κ3) is 3.15. The van der Waals surface area contributed by atoms with Gasteiger partial charge in [-0.15, -0.1) is 0 Å². The van der Waals surface area contributed by atoms with Crippen LogP contribution in [0.2, 0.25) is 0 Å². The Balaban J connectivity index is 2.14. The summed E-state index contributed by atoms with van der Waals surface area (Å²) in [5, 5.41) is 6.89. The predicted octanol–water partition coefficient (Wildman–Crippen LogP) is 1.38. The molecule has 102 valence electrons. The third-order valence-corrected chi connectivity index (χ3v) is 2.86. The summed E-state index contributed by atoms with van der Waals surface area (Å²) in [5.74, 6) is 1.19. The molecule has 2 N–H and O–H groups in total. The lowest BCUT2D eigenvalue weighted by Crippen LogP contribution is -2.37. The van der Waals surface area contributed by atoms with Gasteiger partial charge in [0.1, 0.15) is 17.2 Å². The smallest absolute Gasteiger partial charge is 0.267 e. The molecule has 6 heteroatoms. The van der Waals surface area contributed by atoms with E-state index in [1.54, 1.807) is 32.4 Å². The first-order valence-electron chi connectivity index (χ1n) is 6.07. The Kier molecular flexibility index (Phi) is 4.22. The highest BCUT2D eigenvalue weighted by atomic mass is 16.5. The number of nitrogens with one attached hydrogen (secondary N) is 2. The van der Waals surface area contributed by atoms with Crippen molar-refractivity contribution in [3.05, 3.63) is 18.2 Å². The number of methoxy groups -OCH3 is 2. The first-order valence-corrected chi connectivity index (χ1v) is 6.07. The van der Waals surface area contributed by atoms with Gasteiger partial charge in [-0.2, -0.15) is 5.10 Å². The first kappa shape index (κ1) is 13.2. The predicted molar refractivity (Wildman–Crippen MR) is 72.8 cm³/mol. The van der Waals surface area contributed by atoms with E-state index in [4.69, 9.17) is 9.47 Å². The fourth-order valence-electron chi connectivity index (χ4n) is 1.80. The van der Waals surface area contributed by atoms with E-state index in [1.807, 2.05) is 0 Å². The van der Waals surface area contributed by atoms with E-state index in [0.29, 0.717) is 35.9 Å². The van der Waals surface area contributed by atoms with Crippen molar-refractivity contribution >= 4 is 17.3 Å². The SMILES string of the molecule is COc1ccc(N/N=C2\CCCNC2=O)c(OC)c1. The molecule has 0 atom stereocenters. The van der Waals surface area contributed by atoms with Crippen LogP contribution in [0.4, 0.5) is 5.69 Å². The molecule has 1 aromatic rings. The number of ether oxygens (including phenoxy) is 2. The van der Waals surface area contributed by atoms with Crippen molar-refractivity contribution < 1.29 is 14.3 Å². The second kappa shape index (κ2) is 6.08. The normalized spacial score (nSPS) is 16.9. The van der Waals surface area contributed by atoms with Crippen LogP contribution >= 0.6 is 0 Å². The van der Waals surface area contributed by atoms with Crippen molar-refractivity contribution in [2.24, 2.45) is 5.10 Å². The maximum atomic E-state index is 11.5. The number of carbonyl (C=O) groups excluding carboxylic acids is 1. The summed E-state index contributed by atoms with van der Waals surface area (Å²) < 4.78 is 10.4. The van der Waals surface area contributed by atoms with Gasteiger partial charge in [0.05, 0.1) is 19.9 Å². The number of anilines is 1. The fraction of sp³-hybridized carbons (Fsp3) is 0.385. The van der Waals surface area contributed by atoms with E-state index >= 15 is 0 Å². The number of hydrogen-bond donors (Lipinski definition) is 2. The molecule has 0 saturated carbocycles. The molecule has 0 radical (unpaired) electrons. The van der Waals surface area contributed by atoms with Gasteiger partial charge in [-0.05, 0) is 25.0 Å². The Morgan fingerprint density at radius 3 is 2.84 bits per heavy atom. The maximum absolute atomic E-state index is 11.5. The van der Waals surface area contributed by atoms with Crippen LogP contribution in [-0.4, -0.2) is 32.4 Å². The summed E-state index contributed by atoms with van der Waals surface area (Å²) in [5.41, 5.74) is 4.06. The number of rotatable bonds is 4. The van der Waals surface area contributed by atoms with Crippen LogP contribution in [0.5, 0.6) is 11.5 Å². The first-order chi connectivity index (χ1) is 9.24. The van der Waals surface area contributed by atoms with Gasteiger partial charge < -0.3 is 14.8 Å². The van der Waals surface area contributed by atoms with E-state index in [0.717, 1.165) is 6.42 Å². The lowest BCUT2D eigenvalue weighted by Gasteiger charge is -2.14. The zero-order chi connectivity index (χ0) is 13.7. The quantitative estimate of drug-likeness (QED) is 0.805. The van der Waals surface area contributed by atoms with Gasteiger partial charge in [0.25, 0.3) is 5.91 Å². The van der Waals surface area contributed by atoms with E-state index in [9.17, 15) is 4.79 Å². The van der Waals surface area contributed by atoms with Crippen molar-refractivity contribution in [1.29, 1.82) is 0 Å². The molecule has 1 amide bonds. The Morgan fingerprint density at radius 1 is 1.32 bits per heavy atom. The standard InChI is InChI=1S/C13H17N3O3/c1-18-9-5-6-10(12(8-9)19-2)15-16-11-4-3-7-14-13(11)17/h5-6,8,15H,3-4,7H2,1-2H3,(H,14,17)/b16-11+. The summed E-state index contributed by atoms with van der Waals surface area (Å²) >= 11 is 0. The van der Waals surface area contributed by atoms with E-state index < -0.39 is 0 Å². The van der Waals surface area contributed by atoms with E-state index in [2.05, 4.69) is 15.8 Å². The highest BCUT2D eigenvalue weighted by Gasteiger charge is 2.16. The summed E-state index contributed by atoms with van der Waals surface area (Å²) in [7, 11) is 3.16. The molecule has 1 aromatic carbocycles. The molecule has 19 heavy (non-hydrogen) atoms. The number of hydrogen-bond acceptors (Lipinski definition) is 5. The second-order valence-electron chi connectivity index (χ2n) is 4.10. The molecule has 2 rings (SSSR count). The van der Waals surface area contributed by atoms with Gasteiger partial charge in [0.2, 0.25) is 0 Å². The van der Waals surface area contributed by atoms with Gasteiger partial charge in [-0.25, -0.2) is 0 Å². The zero-order valence-electron chi connectivity index (χ0n) is 11.0. The molecular formula is C13H17N3O3. The molecule has 0 unspecified atom stereocenters. The molecule has 1 aliphatic rings. The Morgan fingerprint density at radius 2 is 2.16 bits per heavy atom. The Hall–Kier alpha value is -2.24. The molecule has 1 aliphatic heterocycles. The second-order valence-corrected chi connectivity index (χ2v) is 4.10. The third-order valence-electron chi connectivity index (χ3n) is 2.86. The molecule has 0 bridgehead atoms. The number of hydrazone groups is 1. The minimum absolute atomic E-state index is 0.119. The molecule has 0 aromatic heterocycles. The topological polar surface area (TPSA) is 72.0 Å². The van der Waals surface area contributed by atoms with Crippen LogP contribution in [0, 0.1) is 0 Å². The van der Waals surface area contributed by atoms with Gasteiger partial charge in [0.15, 0.2) is 0 Å². The monoisotopic (exact) mass is 263 g/mol. The molecule has 1 heterocycles. The van der Waals surface area contributed by atoms with Crippen LogP contribution in [-0.2, 0) is 4.79 Å². The van der Waals surface area contributed by atoms with Crippen molar-refractivity contribution in [2.75, 3.05) is 26.2 Å². The van der Waals surface area contributed by atoms with Gasteiger partial charge in [-0.3, -0.25) is 10.2 Å². The minimum atomic E-state index is -0.119. The number of benzene rings is 1. The van der Waals surface area contributed by atoms with Gasteiger partial charge in [-0.1, -0.05) is 0 Å². The summed E-state index contributed by atoms with van der Waals surface area (Å²) in [6.07, 6.45) is 1.59. The lowest BCUT2D eigenvalue weighted by molar-refractivity contribution is -0.115. The number of piperidine rings is 1. The average molecular weight is 263 g/mol. The lowest BCUT2D eigenvalue weighted by atomic mass is 10.1. The molecule has 1 fully saturated rings. The Bertz CT molecular complexity index is 500. The zero-order valence-corrected chi connectivity index (χ0v) is 11.0. The van der Waals surface area contributed by atoms with Gasteiger partial charge >= 0.3 is 0 Å². The van der Waals surface area contributed by atoms with Crippen LogP contribution in [0.1, 0.15) is 12.8 Å². The number of nitrogens with zero attached hydrogens (tertiary/aromatic N) is 1. The molecule has 0 spiro atoms. The molecule has 1 saturated heterocycles. The van der Waals surface area contributed by atoms with Gasteiger partial charge in [0, 0.05) is 12.6 Å². The molecular weight excluding hydrogens is 246 g/mol. The van der Waals surface area contributed by atoms with Crippen LogP contribution in [0.15, 0.2) is 23.3 Å². The van der Waals surface area contributed by atoms with Crippen molar-refractivity contribution in [3.63, 3.8) is 0 Å². The molecule has 6 nitrogen and oxygen atoms in total. The summed E-state index contributed by atoms with van der Waals surface area (Å²) in [6, 6.07) is 5.35. The van der Waals surface area contributed by atoms with Crippen LogP contribution in [0.25, 0.3) is 0 Å². The number of amides is 1. The summed E-state index contributed by atoms with van der Waals surface area (Å²) in [4.78, 5) is 11.5. The minimum Gasteiger partial charge on any atom is -0.497 e. The Labute approximate surface area is 111 Å².